The molecule has 1 aromatic rings. The molecule has 1 amide bonds. The summed E-state index contributed by atoms with van der Waals surface area (Å²) in [5, 5.41) is 1.55. The minimum absolute atomic E-state index is 0.0662. The third kappa shape index (κ3) is 3.28. The molecule has 0 aliphatic carbocycles. The second kappa shape index (κ2) is 7.13. The lowest BCUT2D eigenvalue weighted by molar-refractivity contribution is -0.207. The van der Waals surface area contributed by atoms with Crippen LogP contribution in [0.1, 0.15) is 12.8 Å². The summed E-state index contributed by atoms with van der Waals surface area (Å²) in [4.78, 5) is 29.1. The molecule has 0 radical (unpaired) electrons. The molecule has 3 aliphatic heterocycles. The van der Waals surface area contributed by atoms with Crippen molar-refractivity contribution in [2.45, 2.75) is 12.8 Å². The number of amides is 1. The quantitative estimate of drug-likeness (QED) is 0.797. The van der Waals surface area contributed by atoms with Gasteiger partial charge in [0.1, 0.15) is 12.1 Å². The molecule has 8 nitrogen and oxygen atoms in total. The number of hydroxylamine groups is 2. The van der Waals surface area contributed by atoms with Crippen molar-refractivity contribution >= 4 is 11.7 Å². The maximum absolute atomic E-state index is 12.9. The SMILES string of the molecule is COc1cc(N2C[C@@H]3COC[C@H](C(=O)N4CCCCO4)[C@@H]3C2)ncn1. The molecular weight excluding hydrogens is 324 g/mol. The highest BCUT2D eigenvalue weighted by Gasteiger charge is 2.46. The molecule has 8 heteroatoms. The molecule has 3 atom stereocenters. The molecule has 4 heterocycles. The lowest BCUT2D eigenvalue weighted by atomic mass is 9.82. The average Bonchev–Trinajstić information content (AvgIpc) is 3.12. The Morgan fingerprint density at radius 1 is 1.28 bits per heavy atom. The van der Waals surface area contributed by atoms with E-state index >= 15 is 0 Å². The van der Waals surface area contributed by atoms with Gasteiger partial charge < -0.3 is 14.4 Å². The first-order valence-electron chi connectivity index (χ1n) is 8.89. The smallest absolute Gasteiger partial charge is 0.251 e. The zero-order chi connectivity index (χ0) is 17.2. The Labute approximate surface area is 147 Å². The molecule has 0 spiro atoms. The van der Waals surface area contributed by atoms with Crippen LogP contribution in [0.3, 0.4) is 0 Å². The van der Waals surface area contributed by atoms with Gasteiger partial charge in [0.2, 0.25) is 5.88 Å². The van der Waals surface area contributed by atoms with Gasteiger partial charge in [-0.2, -0.15) is 0 Å². The van der Waals surface area contributed by atoms with Gasteiger partial charge in [0.15, 0.2) is 0 Å². The predicted molar refractivity (Wildman–Crippen MR) is 89.0 cm³/mol. The first kappa shape index (κ1) is 16.5. The molecule has 0 aromatic carbocycles. The Bertz CT molecular complexity index is 622. The molecular formula is C17H24N4O4. The number of carbonyl (C=O) groups is 1. The molecule has 0 unspecified atom stereocenters. The van der Waals surface area contributed by atoms with Crippen LogP contribution in [-0.4, -0.2) is 67.5 Å². The van der Waals surface area contributed by atoms with E-state index in [1.807, 2.05) is 6.07 Å². The second-order valence-electron chi connectivity index (χ2n) is 6.87. The van der Waals surface area contributed by atoms with E-state index < -0.39 is 0 Å². The van der Waals surface area contributed by atoms with Crippen LogP contribution in [0.5, 0.6) is 5.88 Å². The molecule has 136 valence electrons. The molecule has 25 heavy (non-hydrogen) atoms. The van der Waals surface area contributed by atoms with Gasteiger partial charge in [-0.15, -0.1) is 0 Å². The largest absolute Gasteiger partial charge is 0.481 e. The third-order valence-corrected chi connectivity index (χ3v) is 5.36. The first-order chi connectivity index (χ1) is 12.3. The molecule has 4 rings (SSSR count). The van der Waals surface area contributed by atoms with Gasteiger partial charge in [0.05, 0.1) is 32.8 Å². The summed E-state index contributed by atoms with van der Waals surface area (Å²) in [6.45, 7) is 4.09. The van der Waals surface area contributed by atoms with Crippen molar-refractivity contribution in [2.24, 2.45) is 17.8 Å². The van der Waals surface area contributed by atoms with Crippen molar-refractivity contribution in [2.75, 3.05) is 51.5 Å². The number of ether oxygens (including phenoxy) is 2. The van der Waals surface area contributed by atoms with Crippen LogP contribution in [-0.2, 0) is 14.4 Å². The van der Waals surface area contributed by atoms with Gasteiger partial charge in [0.25, 0.3) is 5.91 Å². The summed E-state index contributed by atoms with van der Waals surface area (Å²) in [7, 11) is 1.59. The zero-order valence-electron chi connectivity index (χ0n) is 14.5. The van der Waals surface area contributed by atoms with Crippen LogP contribution in [0.15, 0.2) is 12.4 Å². The monoisotopic (exact) mass is 348 g/mol. The molecule has 0 N–H and O–H groups in total. The van der Waals surface area contributed by atoms with Crippen LogP contribution < -0.4 is 9.64 Å². The van der Waals surface area contributed by atoms with Crippen molar-refractivity contribution in [1.82, 2.24) is 15.0 Å². The van der Waals surface area contributed by atoms with E-state index in [-0.39, 0.29) is 17.7 Å². The van der Waals surface area contributed by atoms with Gasteiger partial charge >= 0.3 is 0 Å². The Kier molecular flexibility index (Phi) is 4.72. The van der Waals surface area contributed by atoms with E-state index in [1.54, 1.807) is 12.2 Å². The molecule has 1 aromatic heterocycles. The van der Waals surface area contributed by atoms with Crippen LogP contribution in [0.4, 0.5) is 5.82 Å². The normalized spacial score (nSPS) is 29.4. The highest BCUT2D eigenvalue weighted by molar-refractivity contribution is 5.78. The number of hydrogen-bond acceptors (Lipinski definition) is 7. The van der Waals surface area contributed by atoms with E-state index in [1.165, 1.54) is 6.33 Å². The maximum Gasteiger partial charge on any atom is 0.251 e. The highest BCUT2D eigenvalue weighted by atomic mass is 16.7. The van der Waals surface area contributed by atoms with Crippen LogP contribution in [0, 0.1) is 17.8 Å². The Hall–Kier alpha value is -1.93. The summed E-state index contributed by atoms with van der Waals surface area (Å²) in [6.07, 6.45) is 3.53. The van der Waals surface area contributed by atoms with Crippen molar-refractivity contribution in [3.05, 3.63) is 12.4 Å². The van der Waals surface area contributed by atoms with Crippen LogP contribution >= 0.6 is 0 Å². The molecule has 3 fully saturated rings. The molecule has 0 saturated carbocycles. The summed E-state index contributed by atoms with van der Waals surface area (Å²) in [5.41, 5.74) is 0. The Morgan fingerprint density at radius 2 is 2.20 bits per heavy atom. The first-order valence-corrected chi connectivity index (χ1v) is 8.89. The Balaban J connectivity index is 1.48. The number of methoxy groups -OCH3 is 1. The third-order valence-electron chi connectivity index (χ3n) is 5.36. The summed E-state index contributed by atoms with van der Waals surface area (Å²) >= 11 is 0. The fourth-order valence-electron chi connectivity index (χ4n) is 4.01. The van der Waals surface area contributed by atoms with E-state index in [0.29, 0.717) is 38.2 Å². The minimum atomic E-state index is -0.148. The van der Waals surface area contributed by atoms with Gasteiger partial charge in [0, 0.05) is 31.6 Å². The van der Waals surface area contributed by atoms with Crippen molar-refractivity contribution in [1.29, 1.82) is 0 Å². The maximum atomic E-state index is 12.9. The highest BCUT2D eigenvalue weighted by Crippen LogP contribution is 2.37. The minimum Gasteiger partial charge on any atom is -0.481 e. The molecule has 0 bridgehead atoms. The standard InChI is InChI=1S/C17H24N4O4/c1-23-16-6-15(18-11-19-16)20-7-12-9-24-10-14(13(12)8-20)17(22)21-4-2-3-5-25-21/h6,11-14H,2-5,7-10H2,1H3/t12-,13-,14+/m1/s1. The lowest BCUT2D eigenvalue weighted by Crippen LogP contribution is -2.47. The number of aromatic nitrogens is 2. The average molecular weight is 348 g/mol. The molecule has 3 saturated heterocycles. The number of carbonyl (C=O) groups excluding carboxylic acids is 1. The van der Waals surface area contributed by atoms with Crippen LogP contribution in [0.2, 0.25) is 0 Å². The zero-order valence-corrected chi connectivity index (χ0v) is 14.5. The number of rotatable bonds is 3. The van der Waals surface area contributed by atoms with Gasteiger partial charge in [-0.05, 0) is 18.8 Å². The number of nitrogens with zero attached hydrogens (tertiary/aromatic N) is 4. The number of hydrogen-bond donors (Lipinski definition) is 0. The summed E-state index contributed by atoms with van der Waals surface area (Å²) in [6, 6.07) is 1.84. The Morgan fingerprint density at radius 3 is 3.00 bits per heavy atom. The van der Waals surface area contributed by atoms with E-state index in [0.717, 1.165) is 31.7 Å². The lowest BCUT2D eigenvalue weighted by Gasteiger charge is -2.36. The van der Waals surface area contributed by atoms with Gasteiger partial charge in [-0.25, -0.2) is 15.0 Å². The number of fused-ring (bicyclic) bond motifs is 1. The van der Waals surface area contributed by atoms with Crippen molar-refractivity contribution < 1.29 is 19.1 Å². The predicted octanol–water partition coefficient (Wildman–Crippen LogP) is 0.738. The van der Waals surface area contributed by atoms with E-state index in [9.17, 15) is 4.79 Å². The van der Waals surface area contributed by atoms with E-state index in [2.05, 4.69) is 14.9 Å². The fraction of sp³-hybridized carbons (Fsp3) is 0.706. The topological polar surface area (TPSA) is 77.0 Å². The van der Waals surface area contributed by atoms with Crippen LogP contribution in [0.25, 0.3) is 0 Å². The van der Waals surface area contributed by atoms with Crippen molar-refractivity contribution in [3.8, 4) is 5.88 Å². The van der Waals surface area contributed by atoms with Crippen molar-refractivity contribution in [3.63, 3.8) is 0 Å². The van der Waals surface area contributed by atoms with Gasteiger partial charge in [-0.1, -0.05) is 0 Å². The molecule has 3 aliphatic rings. The summed E-state index contributed by atoms with van der Waals surface area (Å²) in [5.74, 6) is 1.88. The fourth-order valence-corrected chi connectivity index (χ4v) is 4.01. The van der Waals surface area contributed by atoms with Gasteiger partial charge in [-0.3, -0.25) is 9.63 Å². The summed E-state index contributed by atoms with van der Waals surface area (Å²) < 4.78 is 10.9. The number of anilines is 1. The second-order valence-corrected chi connectivity index (χ2v) is 6.87. The van der Waals surface area contributed by atoms with E-state index in [4.69, 9.17) is 14.3 Å².